The zero-order valence-corrected chi connectivity index (χ0v) is 18.7. The van der Waals surface area contributed by atoms with E-state index < -0.39 is 6.04 Å². The van der Waals surface area contributed by atoms with Crippen LogP contribution in [0.4, 0.5) is 0 Å². The predicted molar refractivity (Wildman–Crippen MR) is 121 cm³/mol. The van der Waals surface area contributed by atoms with Crippen LogP contribution in [-0.4, -0.2) is 68.5 Å². The number of nitrogens with zero attached hydrogens (tertiary/aromatic N) is 2. The first kappa shape index (κ1) is 23.1. The number of hydrogen-bond donors (Lipinski definition) is 2. The molecule has 0 spiro atoms. The number of benzene rings is 2. The lowest BCUT2D eigenvalue weighted by molar-refractivity contribution is -0.129. The zero-order valence-electron chi connectivity index (χ0n) is 17.9. The van der Waals surface area contributed by atoms with Crippen molar-refractivity contribution in [2.24, 2.45) is 0 Å². The molecule has 2 amide bonds. The highest BCUT2D eigenvalue weighted by atomic mass is 35.5. The van der Waals surface area contributed by atoms with Gasteiger partial charge in [-0.25, -0.2) is 0 Å². The van der Waals surface area contributed by atoms with Crippen LogP contribution >= 0.6 is 11.6 Å². The molecule has 0 saturated carbocycles. The molecule has 1 saturated heterocycles. The summed E-state index contributed by atoms with van der Waals surface area (Å²) in [5.41, 5.74) is 1.81. The van der Waals surface area contributed by atoms with Crippen molar-refractivity contribution in [2.45, 2.75) is 12.6 Å². The van der Waals surface area contributed by atoms with Gasteiger partial charge in [-0.15, -0.1) is 0 Å². The summed E-state index contributed by atoms with van der Waals surface area (Å²) in [6, 6.07) is 14.2. The Morgan fingerprint density at radius 2 is 1.74 bits per heavy atom. The summed E-state index contributed by atoms with van der Waals surface area (Å²) in [5.74, 6) is 0.426. The second-order valence-corrected chi connectivity index (χ2v) is 7.97. The van der Waals surface area contributed by atoms with Crippen molar-refractivity contribution in [3.05, 3.63) is 64.7 Å². The number of carbonyl (C=O) groups is 2. The number of halogens is 1. The van der Waals surface area contributed by atoms with Gasteiger partial charge in [0.25, 0.3) is 0 Å². The molecule has 1 aliphatic heterocycles. The molecule has 0 radical (unpaired) electrons. The fourth-order valence-corrected chi connectivity index (χ4v) is 3.91. The van der Waals surface area contributed by atoms with Gasteiger partial charge in [0.05, 0.1) is 13.7 Å². The van der Waals surface area contributed by atoms with Gasteiger partial charge in [0, 0.05) is 50.4 Å². The minimum atomic E-state index is -0.699. The third kappa shape index (κ3) is 6.43. The molecule has 1 unspecified atom stereocenters. The van der Waals surface area contributed by atoms with Crippen LogP contribution in [0.25, 0.3) is 0 Å². The molecule has 8 heteroatoms. The molecule has 2 aromatic carbocycles. The van der Waals surface area contributed by atoms with Gasteiger partial charge < -0.3 is 15.4 Å². The minimum Gasteiger partial charge on any atom is -0.496 e. The fourth-order valence-electron chi connectivity index (χ4n) is 3.72. The van der Waals surface area contributed by atoms with Crippen LogP contribution in [0.15, 0.2) is 48.5 Å². The normalized spacial score (nSPS) is 15.8. The Morgan fingerprint density at radius 1 is 1.06 bits per heavy atom. The van der Waals surface area contributed by atoms with Gasteiger partial charge in [0.1, 0.15) is 11.8 Å². The van der Waals surface area contributed by atoms with E-state index in [1.807, 2.05) is 48.5 Å². The van der Waals surface area contributed by atoms with Crippen molar-refractivity contribution in [2.75, 3.05) is 46.9 Å². The molecule has 0 aromatic heterocycles. The molecule has 7 nitrogen and oxygen atoms in total. The summed E-state index contributed by atoms with van der Waals surface area (Å²) in [6.45, 7) is 4.21. The number of nitrogens with one attached hydrogen (secondary N) is 2. The van der Waals surface area contributed by atoms with E-state index in [1.54, 1.807) is 14.2 Å². The fraction of sp³-hybridized carbons (Fsp3) is 0.391. The Kier molecular flexibility index (Phi) is 8.28. The van der Waals surface area contributed by atoms with E-state index in [1.165, 1.54) is 0 Å². The van der Waals surface area contributed by atoms with Crippen molar-refractivity contribution in [3.63, 3.8) is 0 Å². The van der Waals surface area contributed by atoms with E-state index in [0.717, 1.165) is 49.6 Å². The molecule has 1 heterocycles. The second-order valence-electron chi connectivity index (χ2n) is 7.53. The van der Waals surface area contributed by atoms with Gasteiger partial charge >= 0.3 is 0 Å². The summed E-state index contributed by atoms with van der Waals surface area (Å²) in [6.07, 6.45) is 0. The Hall–Kier alpha value is -2.61. The van der Waals surface area contributed by atoms with E-state index in [0.29, 0.717) is 5.02 Å². The van der Waals surface area contributed by atoms with Crippen LogP contribution in [-0.2, 0) is 16.1 Å². The van der Waals surface area contributed by atoms with Crippen molar-refractivity contribution >= 4 is 23.4 Å². The van der Waals surface area contributed by atoms with E-state index in [-0.39, 0.29) is 18.4 Å². The first-order valence-corrected chi connectivity index (χ1v) is 10.7. The van der Waals surface area contributed by atoms with Gasteiger partial charge in [-0.2, -0.15) is 0 Å². The summed E-state index contributed by atoms with van der Waals surface area (Å²) in [4.78, 5) is 29.3. The Morgan fingerprint density at radius 3 is 2.39 bits per heavy atom. The number of carbonyl (C=O) groups excluding carboxylic acids is 2. The molecule has 0 aliphatic carbocycles. The van der Waals surface area contributed by atoms with Crippen molar-refractivity contribution in [1.29, 1.82) is 0 Å². The second kappa shape index (κ2) is 11.1. The molecule has 166 valence electrons. The number of hydrogen-bond acceptors (Lipinski definition) is 5. The molecule has 2 N–H and O–H groups in total. The molecule has 0 bridgehead atoms. The Balaban J connectivity index is 1.51. The highest BCUT2D eigenvalue weighted by molar-refractivity contribution is 6.30. The molecule has 2 aromatic rings. The number of amides is 2. The maximum Gasteiger partial charge on any atom is 0.246 e. The monoisotopic (exact) mass is 444 g/mol. The quantitative estimate of drug-likeness (QED) is 0.652. The highest BCUT2D eigenvalue weighted by Gasteiger charge is 2.24. The highest BCUT2D eigenvalue weighted by Crippen LogP contribution is 2.24. The van der Waals surface area contributed by atoms with E-state index in [2.05, 4.69) is 20.4 Å². The summed E-state index contributed by atoms with van der Waals surface area (Å²) < 4.78 is 5.44. The zero-order chi connectivity index (χ0) is 22.2. The van der Waals surface area contributed by atoms with Crippen LogP contribution < -0.4 is 15.4 Å². The first-order valence-electron chi connectivity index (χ1n) is 10.3. The van der Waals surface area contributed by atoms with Gasteiger partial charge in [0.2, 0.25) is 11.8 Å². The van der Waals surface area contributed by atoms with Gasteiger partial charge in [-0.3, -0.25) is 19.4 Å². The summed E-state index contributed by atoms with van der Waals surface area (Å²) in [7, 11) is 3.23. The van der Waals surface area contributed by atoms with E-state index in [9.17, 15) is 9.59 Å². The van der Waals surface area contributed by atoms with Crippen LogP contribution in [0.1, 0.15) is 17.2 Å². The maximum atomic E-state index is 12.6. The van der Waals surface area contributed by atoms with E-state index in [4.69, 9.17) is 16.3 Å². The first-order chi connectivity index (χ1) is 15.0. The molecular weight excluding hydrogens is 416 g/mol. The average molecular weight is 445 g/mol. The van der Waals surface area contributed by atoms with Crippen molar-refractivity contribution < 1.29 is 14.3 Å². The summed E-state index contributed by atoms with van der Waals surface area (Å²) in [5, 5.41) is 6.18. The van der Waals surface area contributed by atoms with Gasteiger partial charge in [-0.1, -0.05) is 41.9 Å². The van der Waals surface area contributed by atoms with E-state index >= 15 is 0 Å². The Labute approximate surface area is 188 Å². The number of likely N-dealkylation sites (N-methyl/N-ethyl adjacent to an activating group) is 1. The number of rotatable bonds is 8. The summed E-state index contributed by atoms with van der Waals surface area (Å²) >= 11 is 6.14. The topological polar surface area (TPSA) is 73.9 Å². The molecule has 1 fully saturated rings. The number of ether oxygens (including phenoxy) is 1. The standard InChI is InChI=1S/C23H29ClN4O3/c1-25-23(30)22(17-6-4-3-5-7-17)26-21(29)16-28-12-10-27(11-13-28)15-18-14-19(24)8-9-20(18)31-2/h3-9,14,22H,10-13,15-16H2,1-2H3,(H,25,30)(H,26,29). The van der Waals surface area contributed by atoms with Crippen molar-refractivity contribution in [3.8, 4) is 5.75 Å². The largest absolute Gasteiger partial charge is 0.496 e. The number of methoxy groups -OCH3 is 1. The number of piperazine rings is 1. The lowest BCUT2D eigenvalue weighted by Gasteiger charge is -2.34. The van der Waals surface area contributed by atoms with Crippen LogP contribution in [0.2, 0.25) is 5.02 Å². The SMILES string of the molecule is CNC(=O)C(NC(=O)CN1CCN(Cc2cc(Cl)ccc2OC)CC1)c1ccccc1. The van der Waals surface area contributed by atoms with Crippen molar-refractivity contribution in [1.82, 2.24) is 20.4 Å². The Bertz CT molecular complexity index is 886. The molecule has 1 atom stereocenters. The average Bonchev–Trinajstić information content (AvgIpc) is 2.79. The lowest BCUT2D eigenvalue weighted by atomic mass is 10.1. The minimum absolute atomic E-state index is 0.164. The third-order valence-electron chi connectivity index (χ3n) is 5.42. The predicted octanol–water partition coefficient (Wildman–Crippen LogP) is 2.07. The molecule has 1 aliphatic rings. The lowest BCUT2D eigenvalue weighted by Crippen LogP contribution is -2.50. The molecular formula is C23H29ClN4O3. The molecule has 3 rings (SSSR count). The van der Waals surface area contributed by atoms with Gasteiger partial charge in [-0.05, 0) is 23.8 Å². The molecule has 31 heavy (non-hydrogen) atoms. The maximum absolute atomic E-state index is 12.6. The van der Waals surface area contributed by atoms with Crippen LogP contribution in [0, 0.1) is 0 Å². The van der Waals surface area contributed by atoms with Crippen LogP contribution in [0.3, 0.4) is 0 Å². The third-order valence-corrected chi connectivity index (χ3v) is 5.65. The van der Waals surface area contributed by atoms with Gasteiger partial charge in [0.15, 0.2) is 0 Å². The smallest absolute Gasteiger partial charge is 0.246 e. The van der Waals surface area contributed by atoms with Crippen LogP contribution in [0.5, 0.6) is 5.75 Å².